The van der Waals surface area contributed by atoms with Crippen molar-refractivity contribution in [1.29, 1.82) is 0 Å². The molecule has 2 aromatic heterocycles. The lowest BCUT2D eigenvalue weighted by Gasteiger charge is -2.10. The van der Waals surface area contributed by atoms with E-state index >= 15 is 0 Å². The van der Waals surface area contributed by atoms with E-state index in [2.05, 4.69) is 103 Å². The molecule has 0 saturated carbocycles. The maximum Gasteiger partial charge on any atom is 0.164 e. The van der Waals surface area contributed by atoms with Gasteiger partial charge in [-0.1, -0.05) is 127 Å². The number of aromatic nitrogens is 3. The van der Waals surface area contributed by atoms with Crippen LogP contribution >= 0.6 is 0 Å². The Balaban J connectivity index is 1.21. The molecular weight excluding hydrogens is 550 g/mol. The summed E-state index contributed by atoms with van der Waals surface area (Å²) in [6, 6.07) is 52.3. The van der Waals surface area contributed by atoms with Crippen LogP contribution < -0.4 is 0 Å². The Labute approximate surface area is 259 Å². The summed E-state index contributed by atoms with van der Waals surface area (Å²) in [4.78, 5) is 15.1. The Hall–Kier alpha value is -6.13. The maximum atomic E-state index is 6.36. The van der Waals surface area contributed by atoms with Crippen LogP contribution in [-0.2, 0) is 0 Å². The third-order valence-electron chi connectivity index (χ3n) is 8.50. The number of hydrogen-bond acceptors (Lipinski definition) is 4. The fourth-order valence-corrected chi connectivity index (χ4v) is 6.22. The summed E-state index contributed by atoms with van der Waals surface area (Å²) in [6.07, 6.45) is 0. The molecule has 4 nitrogen and oxygen atoms in total. The van der Waals surface area contributed by atoms with Gasteiger partial charge in [0.15, 0.2) is 17.5 Å². The highest BCUT2D eigenvalue weighted by molar-refractivity contribution is 6.15. The van der Waals surface area contributed by atoms with E-state index in [0.29, 0.717) is 17.5 Å². The molecule has 2 heterocycles. The summed E-state index contributed by atoms with van der Waals surface area (Å²) < 4.78 is 6.36. The highest BCUT2D eigenvalue weighted by atomic mass is 16.3. The van der Waals surface area contributed by atoms with Gasteiger partial charge in [-0.05, 0) is 56.9 Å². The normalized spacial score (nSPS) is 11.6. The van der Waals surface area contributed by atoms with Crippen LogP contribution in [0.2, 0.25) is 0 Å². The lowest BCUT2D eigenvalue weighted by Crippen LogP contribution is -2.00. The predicted octanol–water partition coefficient (Wildman–Crippen LogP) is 10.7. The summed E-state index contributed by atoms with van der Waals surface area (Å²) >= 11 is 0. The number of nitrogens with zero attached hydrogens (tertiary/aromatic N) is 3. The van der Waals surface area contributed by atoms with Gasteiger partial charge in [0.2, 0.25) is 0 Å². The standard InChI is InChI=1S/C41H25N3O/c1-2-10-28(11-3-1)39-42-40(29-20-17-27(18-21-29)33-22-19-26-9-4-5-12-30(26)23-33)44-41(43-39)34-15-8-16-36-38(34)35-24-31-13-6-7-14-32(31)25-37(35)45-36/h1-25H. The van der Waals surface area contributed by atoms with Gasteiger partial charge in [-0.2, -0.15) is 0 Å². The molecule has 45 heavy (non-hydrogen) atoms. The van der Waals surface area contributed by atoms with E-state index < -0.39 is 0 Å². The molecule has 0 N–H and O–H groups in total. The second kappa shape index (κ2) is 10.2. The smallest absolute Gasteiger partial charge is 0.164 e. The number of rotatable bonds is 4. The Morgan fingerprint density at radius 3 is 1.69 bits per heavy atom. The SMILES string of the molecule is c1ccc(-c2nc(-c3ccc(-c4ccc5ccccc5c4)cc3)nc(-c3cccc4oc5cc6ccccc6cc5c34)n2)cc1. The Bertz CT molecular complexity index is 2530. The molecule has 0 aliphatic heterocycles. The number of hydrogen-bond donors (Lipinski definition) is 0. The first-order valence-corrected chi connectivity index (χ1v) is 15.0. The second-order valence-electron chi connectivity index (χ2n) is 11.3. The molecule has 4 heteroatoms. The monoisotopic (exact) mass is 575 g/mol. The molecule has 0 saturated heterocycles. The number of fused-ring (bicyclic) bond motifs is 5. The first kappa shape index (κ1) is 25.4. The third kappa shape index (κ3) is 4.43. The van der Waals surface area contributed by atoms with Crippen LogP contribution in [0.4, 0.5) is 0 Å². The van der Waals surface area contributed by atoms with Crippen molar-refractivity contribution in [2.24, 2.45) is 0 Å². The van der Waals surface area contributed by atoms with Gasteiger partial charge in [0.25, 0.3) is 0 Å². The molecule has 0 radical (unpaired) electrons. The van der Waals surface area contributed by atoms with Gasteiger partial charge < -0.3 is 4.42 Å². The summed E-state index contributed by atoms with van der Waals surface area (Å²) in [7, 11) is 0. The van der Waals surface area contributed by atoms with Gasteiger partial charge in [0.1, 0.15) is 11.2 Å². The quantitative estimate of drug-likeness (QED) is 0.209. The van der Waals surface area contributed by atoms with Gasteiger partial charge >= 0.3 is 0 Å². The molecule has 0 fully saturated rings. The van der Waals surface area contributed by atoms with Crippen molar-refractivity contribution in [3.8, 4) is 45.3 Å². The minimum Gasteiger partial charge on any atom is -0.456 e. The summed E-state index contributed by atoms with van der Waals surface area (Å²) in [6.45, 7) is 0. The molecule has 0 aliphatic carbocycles. The van der Waals surface area contributed by atoms with Gasteiger partial charge in [-0.25, -0.2) is 15.0 Å². The van der Waals surface area contributed by atoms with E-state index in [1.54, 1.807) is 0 Å². The fourth-order valence-electron chi connectivity index (χ4n) is 6.22. The van der Waals surface area contributed by atoms with Gasteiger partial charge in [-0.3, -0.25) is 0 Å². The largest absolute Gasteiger partial charge is 0.456 e. The van der Waals surface area contributed by atoms with Crippen LogP contribution in [0.25, 0.3) is 88.8 Å². The zero-order valence-electron chi connectivity index (χ0n) is 24.2. The van der Waals surface area contributed by atoms with Gasteiger partial charge in [0, 0.05) is 27.5 Å². The Kier molecular flexibility index (Phi) is 5.78. The molecule has 9 aromatic rings. The molecule has 210 valence electrons. The third-order valence-corrected chi connectivity index (χ3v) is 8.50. The summed E-state index contributed by atoms with van der Waals surface area (Å²) in [5.74, 6) is 1.86. The van der Waals surface area contributed by atoms with E-state index in [9.17, 15) is 0 Å². The fraction of sp³-hybridized carbons (Fsp3) is 0. The average Bonchev–Trinajstić information content (AvgIpc) is 3.48. The van der Waals surface area contributed by atoms with E-state index in [1.165, 1.54) is 16.3 Å². The van der Waals surface area contributed by atoms with Gasteiger partial charge in [0.05, 0.1) is 0 Å². The minimum atomic E-state index is 0.610. The summed E-state index contributed by atoms with van der Waals surface area (Å²) in [5, 5.41) is 6.81. The van der Waals surface area contributed by atoms with Crippen molar-refractivity contribution in [2.45, 2.75) is 0 Å². The van der Waals surface area contributed by atoms with Crippen molar-refractivity contribution in [3.63, 3.8) is 0 Å². The first-order valence-electron chi connectivity index (χ1n) is 15.0. The van der Waals surface area contributed by atoms with Crippen LogP contribution in [0, 0.1) is 0 Å². The van der Waals surface area contributed by atoms with Crippen LogP contribution in [-0.4, -0.2) is 15.0 Å². The molecular formula is C41H25N3O. The second-order valence-corrected chi connectivity index (χ2v) is 11.3. The van der Waals surface area contributed by atoms with Crippen molar-refractivity contribution in [2.75, 3.05) is 0 Å². The lowest BCUT2D eigenvalue weighted by atomic mass is 10.00. The highest BCUT2D eigenvalue weighted by Crippen LogP contribution is 2.38. The molecule has 0 unspecified atom stereocenters. The molecule has 7 aromatic carbocycles. The Morgan fingerprint density at radius 1 is 0.356 bits per heavy atom. The van der Waals surface area contributed by atoms with Crippen molar-refractivity contribution >= 4 is 43.5 Å². The maximum absolute atomic E-state index is 6.36. The van der Waals surface area contributed by atoms with E-state index in [-0.39, 0.29) is 0 Å². The zero-order chi connectivity index (χ0) is 29.7. The molecule has 0 spiro atoms. The van der Waals surface area contributed by atoms with Crippen molar-refractivity contribution in [1.82, 2.24) is 15.0 Å². The van der Waals surface area contributed by atoms with Crippen LogP contribution in [0.1, 0.15) is 0 Å². The first-order chi connectivity index (χ1) is 22.3. The van der Waals surface area contributed by atoms with Crippen molar-refractivity contribution < 1.29 is 4.42 Å². The van der Waals surface area contributed by atoms with E-state index in [0.717, 1.165) is 55.0 Å². The molecule has 9 rings (SSSR count). The van der Waals surface area contributed by atoms with Gasteiger partial charge in [-0.15, -0.1) is 0 Å². The predicted molar refractivity (Wildman–Crippen MR) is 184 cm³/mol. The summed E-state index contributed by atoms with van der Waals surface area (Å²) in [5.41, 5.74) is 6.74. The highest BCUT2D eigenvalue weighted by Gasteiger charge is 2.18. The molecule has 0 bridgehead atoms. The number of benzene rings is 7. The van der Waals surface area contributed by atoms with Crippen molar-refractivity contribution in [3.05, 3.63) is 152 Å². The van der Waals surface area contributed by atoms with Crippen LogP contribution in [0.15, 0.2) is 156 Å². The minimum absolute atomic E-state index is 0.610. The van der Waals surface area contributed by atoms with Crippen LogP contribution in [0.3, 0.4) is 0 Å². The van der Waals surface area contributed by atoms with E-state index in [4.69, 9.17) is 19.4 Å². The number of furan rings is 1. The lowest BCUT2D eigenvalue weighted by molar-refractivity contribution is 0.669. The molecule has 0 amide bonds. The molecule has 0 atom stereocenters. The Morgan fingerprint density at radius 2 is 0.933 bits per heavy atom. The zero-order valence-corrected chi connectivity index (χ0v) is 24.2. The van der Waals surface area contributed by atoms with Crippen LogP contribution in [0.5, 0.6) is 0 Å². The molecule has 0 aliphatic rings. The van der Waals surface area contributed by atoms with E-state index in [1.807, 2.05) is 48.5 Å². The average molecular weight is 576 g/mol. The topological polar surface area (TPSA) is 51.8 Å².